The van der Waals surface area contributed by atoms with Gasteiger partial charge < -0.3 is 10.6 Å². The van der Waals surface area contributed by atoms with Crippen LogP contribution in [0.1, 0.15) is 11.1 Å². The first-order valence-electron chi connectivity index (χ1n) is 9.34. The number of carbonyl (C=O) groups excluding carboxylic acids is 1. The summed E-state index contributed by atoms with van der Waals surface area (Å²) >= 11 is 5.88. The van der Waals surface area contributed by atoms with Crippen LogP contribution in [0.3, 0.4) is 0 Å². The van der Waals surface area contributed by atoms with Crippen LogP contribution >= 0.6 is 11.6 Å². The number of amides is 2. The maximum Gasteiger partial charge on any atom is 0.319 e. The fourth-order valence-electron chi connectivity index (χ4n) is 3.40. The molecule has 0 radical (unpaired) electrons. The molecule has 4 aromatic rings. The molecule has 0 saturated heterocycles. The smallest absolute Gasteiger partial charge is 0.319 e. The van der Waals surface area contributed by atoms with Gasteiger partial charge in [-0.3, -0.25) is 4.98 Å². The monoisotopic (exact) mass is 401 g/mol. The first-order chi connectivity index (χ1) is 14.1. The molecule has 1 aromatic heterocycles. The van der Waals surface area contributed by atoms with Crippen LogP contribution in [0, 0.1) is 6.92 Å². The number of benzene rings is 3. The number of hydrogen-bond acceptors (Lipinski definition) is 2. The Morgan fingerprint density at radius 1 is 0.931 bits per heavy atom. The Balaban J connectivity index is 1.57. The molecule has 4 nitrogen and oxygen atoms in total. The van der Waals surface area contributed by atoms with Gasteiger partial charge in [0.05, 0.1) is 0 Å². The summed E-state index contributed by atoms with van der Waals surface area (Å²) in [5, 5.41) is 8.50. The maximum absolute atomic E-state index is 12.3. The Labute approximate surface area is 174 Å². The lowest BCUT2D eigenvalue weighted by molar-refractivity contribution is 0.252. The van der Waals surface area contributed by atoms with E-state index in [1.54, 1.807) is 30.5 Å². The molecule has 2 N–H and O–H groups in total. The van der Waals surface area contributed by atoms with Gasteiger partial charge in [-0.25, -0.2) is 4.79 Å². The van der Waals surface area contributed by atoms with Crippen LogP contribution in [0.25, 0.3) is 21.9 Å². The molecule has 0 saturated carbocycles. The lowest BCUT2D eigenvalue weighted by atomic mass is 9.94. The average molecular weight is 402 g/mol. The quantitative estimate of drug-likeness (QED) is 0.428. The van der Waals surface area contributed by atoms with Crippen LogP contribution in [-0.4, -0.2) is 11.0 Å². The third-order valence-corrected chi connectivity index (χ3v) is 5.14. The fourth-order valence-corrected chi connectivity index (χ4v) is 3.52. The molecule has 0 aliphatic heterocycles. The molecule has 3 aromatic carbocycles. The van der Waals surface area contributed by atoms with E-state index in [1.807, 2.05) is 30.5 Å². The Morgan fingerprint density at radius 3 is 2.52 bits per heavy atom. The van der Waals surface area contributed by atoms with Crippen LogP contribution in [0.2, 0.25) is 5.02 Å². The van der Waals surface area contributed by atoms with E-state index in [0.29, 0.717) is 17.3 Å². The summed E-state index contributed by atoms with van der Waals surface area (Å²) in [5.41, 5.74) is 5.28. The van der Waals surface area contributed by atoms with E-state index in [1.165, 1.54) is 11.1 Å². The molecular formula is C24H20ClN3O. The first-order valence-corrected chi connectivity index (χ1v) is 9.71. The van der Waals surface area contributed by atoms with Crippen molar-refractivity contribution in [3.63, 3.8) is 0 Å². The highest BCUT2D eigenvalue weighted by Gasteiger charge is 2.10. The molecule has 1 heterocycles. The predicted octanol–water partition coefficient (Wildman–Crippen LogP) is 6.19. The number of rotatable bonds is 4. The SMILES string of the molecule is Cc1ccccc1-c1ccc(CNC(=O)Nc2ccc(Cl)cc2)c2cnccc12. The molecule has 0 unspecified atom stereocenters. The molecule has 144 valence electrons. The van der Waals surface area contributed by atoms with Crippen molar-refractivity contribution < 1.29 is 4.79 Å². The topological polar surface area (TPSA) is 54.0 Å². The molecule has 0 aliphatic rings. The molecule has 29 heavy (non-hydrogen) atoms. The van der Waals surface area contributed by atoms with Crippen molar-refractivity contribution in [1.82, 2.24) is 10.3 Å². The number of anilines is 1. The van der Waals surface area contributed by atoms with E-state index in [4.69, 9.17) is 11.6 Å². The molecule has 0 fully saturated rings. The maximum atomic E-state index is 12.3. The Bertz CT molecular complexity index is 1170. The van der Waals surface area contributed by atoms with Gasteiger partial charge in [-0.05, 0) is 64.9 Å². The van der Waals surface area contributed by atoms with Gasteiger partial charge in [0, 0.05) is 35.0 Å². The van der Waals surface area contributed by atoms with Gasteiger partial charge in [-0.2, -0.15) is 0 Å². The second-order valence-corrected chi connectivity index (χ2v) is 7.26. The molecule has 4 rings (SSSR count). The number of pyridine rings is 1. The van der Waals surface area contributed by atoms with Gasteiger partial charge in [-0.1, -0.05) is 48.0 Å². The minimum absolute atomic E-state index is 0.271. The van der Waals surface area contributed by atoms with Crippen molar-refractivity contribution in [3.8, 4) is 11.1 Å². The zero-order valence-corrected chi connectivity index (χ0v) is 16.7. The summed E-state index contributed by atoms with van der Waals surface area (Å²) in [4.78, 5) is 16.6. The molecule has 5 heteroatoms. The molecule has 2 amide bonds. The van der Waals surface area contributed by atoms with E-state index in [9.17, 15) is 4.79 Å². The largest absolute Gasteiger partial charge is 0.334 e. The summed E-state index contributed by atoms with van der Waals surface area (Å²) in [6.45, 7) is 2.51. The van der Waals surface area contributed by atoms with Crippen molar-refractivity contribution in [2.45, 2.75) is 13.5 Å². The number of nitrogens with one attached hydrogen (secondary N) is 2. The zero-order valence-electron chi connectivity index (χ0n) is 15.9. The highest BCUT2D eigenvalue weighted by Crippen LogP contribution is 2.32. The molecule has 0 atom stereocenters. The number of nitrogens with zero attached hydrogens (tertiary/aromatic N) is 1. The number of halogens is 1. The fraction of sp³-hybridized carbons (Fsp3) is 0.0833. The number of hydrogen-bond donors (Lipinski definition) is 2. The minimum atomic E-state index is -0.271. The minimum Gasteiger partial charge on any atom is -0.334 e. The van der Waals surface area contributed by atoms with Gasteiger partial charge >= 0.3 is 6.03 Å². The average Bonchev–Trinajstić information content (AvgIpc) is 2.74. The number of urea groups is 1. The number of aromatic nitrogens is 1. The molecular weight excluding hydrogens is 382 g/mol. The highest BCUT2D eigenvalue weighted by molar-refractivity contribution is 6.30. The van der Waals surface area contributed by atoms with Crippen molar-refractivity contribution >= 4 is 34.1 Å². The Morgan fingerprint density at radius 2 is 1.72 bits per heavy atom. The van der Waals surface area contributed by atoms with Crippen LogP contribution in [-0.2, 0) is 6.54 Å². The van der Waals surface area contributed by atoms with Crippen molar-refractivity contribution in [2.24, 2.45) is 0 Å². The number of aryl methyl sites for hydroxylation is 1. The predicted molar refractivity (Wildman–Crippen MR) is 119 cm³/mol. The second-order valence-electron chi connectivity index (χ2n) is 6.82. The van der Waals surface area contributed by atoms with Gasteiger partial charge in [0.2, 0.25) is 0 Å². The Kier molecular flexibility index (Phi) is 5.45. The van der Waals surface area contributed by atoms with Crippen molar-refractivity contribution in [3.05, 3.63) is 95.3 Å². The Hall–Kier alpha value is -3.37. The standard InChI is InChI=1S/C24H20ClN3O/c1-16-4-2-3-5-20(16)21-11-6-17(23-15-26-13-12-22(21)23)14-27-24(29)28-19-9-7-18(25)8-10-19/h2-13,15H,14H2,1H3,(H2,27,28,29). The van der Waals surface area contributed by atoms with E-state index >= 15 is 0 Å². The van der Waals surface area contributed by atoms with E-state index < -0.39 is 0 Å². The third kappa shape index (κ3) is 4.23. The molecule has 0 bridgehead atoms. The third-order valence-electron chi connectivity index (χ3n) is 4.89. The number of fused-ring (bicyclic) bond motifs is 1. The summed E-state index contributed by atoms with van der Waals surface area (Å²) in [5.74, 6) is 0. The lowest BCUT2D eigenvalue weighted by Crippen LogP contribution is -2.28. The van der Waals surface area contributed by atoms with Crippen LogP contribution in [0.15, 0.2) is 79.1 Å². The van der Waals surface area contributed by atoms with Gasteiger partial charge in [0.15, 0.2) is 0 Å². The van der Waals surface area contributed by atoms with E-state index in [2.05, 4.69) is 40.7 Å². The highest BCUT2D eigenvalue weighted by atomic mass is 35.5. The second kappa shape index (κ2) is 8.33. The lowest BCUT2D eigenvalue weighted by Gasteiger charge is -2.14. The van der Waals surface area contributed by atoms with Gasteiger partial charge in [0.25, 0.3) is 0 Å². The molecule has 0 aliphatic carbocycles. The van der Waals surface area contributed by atoms with E-state index in [0.717, 1.165) is 21.9 Å². The molecule has 0 spiro atoms. The van der Waals surface area contributed by atoms with Crippen LogP contribution in [0.5, 0.6) is 0 Å². The summed E-state index contributed by atoms with van der Waals surface area (Å²) in [6.07, 6.45) is 3.65. The van der Waals surface area contributed by atoms with Crippen LogP contribution < -0.4 is 10.6 Å². The van der Waals surface area contributed by atoms with Gasteiger partial charge in [-0.15, -0.1) is 0 Å². The summed E-state index contributed by atoms with van der Waals surface area (Å²) < 4.78 is 0. The first kappa shape index (κ1) is 19.0. The summed E-state index contributed by atoms with van der Waals surface area (Å²) in [7, 11) is 0. The van der Waals surface area contributed by atoms with Gasteiger partial charge in [0.1, 0.15) is 0 Å². The normalized spacial score (nSPS) is 10.7. The van der Waals surface area contributed by atoms with Crippen molar-refractivity contribution in [1.29, 1.82) is 0 Å². The van der Waals surface area contributed by atoms with E-state index in [-0.39, 0.29) is 6.03 Å². The summed E-state index contributed by atoms with van der Waals surface area (Å²) in [6, 6.07) is 21.2. The van der Waals surface area contributed by atoms with Crippen LogP contribution in [0.4, 0.5) is 10.5 Å². The zero-order chi connectivity index (χ0) is 20.2. The number of carbonyl (C=O) groups is 1. The van der Waals surface area contributed by atoms with Crippen molar-refractivity contribution in [2.75, 3.05) is 5.32 Å².